The molecule has 1 aromatic heterocycles. The van der Waals surface area contributed by atoms with Gasteiger partial charge in [0.15, 0.2) is 0 Å². The van der Waals surface area contributed by atoms with Crippen LogP contribution in [0.1, 0.15) is 39.7 Å². The average Bonchev–Trinajstić information content (AvgIpc) is 2.86. The molecule has 0 fully saturated rings. The molecule has 0 aliphatic carbocycles. The van der Waals surface area contributed by atoms with E-state index in [1.54, 1.807) is 0 Å². The summed E-state index contributed by atoms with van der Waals surface area (Å²) in [6.45, 7) is 4.70. The zero-order chi connectivity index (χ0) is 23.5. The number of carboxylic acid groups (broad SMARTS) is 1. The molecule has 34 heavy (non-hydrogen) atoms. The fourth-order valence-electron chi connectivity index (χ4n) is 4.48. The summed E-state index contributed by atoms with van der Waals surface area (Å²) < 4.78 is 6.01. The molecule has 5 heteroatoms. The van der Waals surface area contributed by atoms with Gasteiger partial charge in [0.1, 0.15) is 12.4 Å². The number of nitrogens with zero attached hydrogens (tertiary/aromatic N) is 2. The summed E-state index contributed by atoms with van der Waals surface area (Å²) >= 11 is 0. The minimum Gasteiger partial charge on any atom is -0.489 e. The van der Waals surface area contributed by atoms with Crippen LogP contribution in [0.5, 0.6) is 5.75 Å². The summed E-state index contributed by atoms with van der Waals surface area (Å²) in [6.07, 6.45) is 2.10. The van der Waals surface area contributed by atoms with Crippen LogP contribution < -0.4 is 4.74 Å². The quantitative estimate of drug-likeness (QED) is 0.397. The van der Waals surface area contributed by atoms with E-state index in [2.05, 4.69) is 17.9 Å². The van der Waals surface area contributed by atoms with Crippen molar-refractivity contribution in [2.75, 3.05) is 13.1 Å². The smallest absolute Gasteiger partial charge is 0.336 e. The number of carbonyl (C=O) groups is 1. The molecule has 0 radical (unpaired) electrons. The standard InChI is InChI=1S/C29H26N2O3/c1-2-31-17-22(15-21-11-8-12-23(16-21)34-19-20-9-4-3-5-10-20)28-25(18-31)27(29(32)33)24-13-6-7-14-26(24)30-28/h3-16H,2,17-19H2,1H3,(H,32,33)/b22-15+. The van der Waals surface area contributed by atoms with E-state index in [-0.39, 0.29) is 0 Å². The van der Waals surface area contributed by atoms with Crippen LogP contribution in [0.2, 0.25) is 0 Å². The van der Waals surface area contributed by atoms with Gasteiger partial charge in [-0.3, -0.25) is 4.90 Å². The number of para-hydroxylation sites is 1. The summed E-state index contributed by atoms with van der Waals surface area (Å²) in [5, 5.41) is 10.8. The Morgan fingerprint density at radius 3 is 2.62 bits per heavy atom. The summed E-state index contributed by atoms with van der Waals surface area (Å²) in [5.74, 6) is -0.122. The zero-order valence-electron chi connectivity index (χ0n) is 19.1. The highest BCUT2D eigenvalue weighted by molar-refractivity contribution is 6.06. The first kappa shape index (κ1) is 21.9. The molecule has 0 bridgehead atoms. The molecule has 0 saturated heterocycles. The second kappa shape index (κ2) is 9.49. The Hall–Kier alpha value is -3.96. The molecule has 0 saturated carbocycles. The van der Waals surface area contributed by atoms with E-state index < -0.39 is 5.97 Å². The summed E-state index contributed by atoms with van der Waals surface area (Å²) in [7, 11) is 0. The zero-order valence-corrected chi connectivity index (χ0v) is 19.1. The minimum atomic E-state index is -0.913. The number of carboxylic acids is 1. The Kier molecular flexibility index (Phi) is 6.11. The van der Waals surface area contributed by atoms with Gasteiger partial charge >= 0.3 is 5.97 Å². The van der Waals surface area contributed by atoms with Crippen molar-refractivity contribution in [2.45, 2.75) is 20.1 Å². The summed E-state index contributed by atoms with van der Waals surface area (Å²) in [5.41, 5.74) is 5.73. The average molecular weight is 451 g/mol. The van der Waals surface area contributed by atoms with Gasteiger partial charge in [-0.15, -0.1) is 0 Å². The fraction of sp³-hybridized carbons (Fsp3) is 0.172. The second-order valence-corrected chi connectivity index (χ2v) is 8.46. The van der Waals surface area contributed by atoms with Crippen LogP contribution in [-0.2, 0) is 13.2 Å². The van der Waals surface area contributed by atoms with E-state index in [4.69, 9.17) is 9.72 Å². The molecule has 2 heterocycles. The van der Waals surface area contributed by atoms with E-state index in [0.717, 1.165) is 40.3 Å². The van der Waals surface area contributed by atoms with Crippen molar-refractivity contribution in [1.82, 2.24) is 9.88 Å². The maximum absolute atomic E-state index is 12.3. The molecule has 1 N–H and O–H groups in total. The number of fused-ring (bicyclic) bond motifs is 2. The predicted octanol–water partition coefficient (Wildman–Crippen LogP) is 5.89. The molecule has 5 rings (SSSR count). The number of likely N-dealkylation sites (N-methyl/N-ethyl adjacent to an activating group) is 1. The van der Waals surface area contributed by atoms with Crippen molar-refractivity contribution in [1.29, 1.82) is 0 Å². The Balaban J connectivity index is 1.55. The van der Waals surface area contributed by atoms with Crippen LogP contribution >= 0.6 is 0 Å². The Bertz CT molecular complexity index is 1380. The maximum Gasteiger partial charge on any atom is 0.336 e. The van der Waals surface area contributed by atoms with Crippen molar-refractivity contribution in [3.05, 3.63) is 107 Å². The van der Waals surface area contributed by atoms with Gasteiger partial charge in [0, 0.05) is 24.0 Å². The van der Waals surface area contributed by atoms with Gasteiger partial charge in [0.05, 0.1) is 16.8 Å². The van der Waals surface area contributed by atoms with Crippen molar-refractivity contribution in [3.8, 4) is 5.75 Å². The SMILES string of the molecule is CCN1C/C(=C\c2cccc(OCc3ccccc3)c2)c2nc3ccccc3c(C(=O)O)c2C1. The van der Waals surface area contributed by atoms with Gasteiger partial charge in [-0.25, -0.2) is 9.78 Å². The molecule has 170 valence electrons. The molecule has 1 aliphatic rings. The molecule has 0 atom stereocenters. The van der Waals surface area contributed by atoms with Gasteiger partial charge in [-0.2, -0.15) is 0 Å². The van der Waals surface area contributed by atoms with Gasteiger partial charge in [0.2, 0.25) is 0 Å². The third kappa shape index (κ3) is 4.43. The van der Waals surface area contributed by atoms with E-state index >= 15 is 0 Å². The number of rotatable bonds is 6. The van der Waals surface area contributed by atoms with E-state index in [0.29, 0.717) is 36.2 Å². The Morgan fingerprint density at radius 2 is 1.82 bits per heavy atom. The van der Waals surface area contributed by atoms with E-state index in [1.165, 1.54) is 0 Å². The van der Waals surface area contributed by atoms with Crippen LogP contribution in [0.25, 0.3) is 22.6 Å². The molecular weight excluding hydrogens is 424 g/mol. The van der Waals surface area contributed by atoms with Crippen molar-refractivity contribution >= 4 is 28.5 Å². The van der Waals surface area contributed by atoms with Crippen LogP contribution in [0.15, 0.2) is 78.9 Å². The molecule has 0 amide bonds. The molecule has 1 aliphatic heterocycles. The van der Waals surface area contributed by atoms with Crippen molar-refractivity contribution < 1.29 is 14.6 Å². The third-order valence-corrected chi connectivity index (χ3v) is 6.18. The Labute approximate surface area is 199 Å². The lowest BCUT2D eigenvalue weighted by Gasteiger charge is -2.30. The van der Waals surface area contributed by atoms with Gasteiger partial charge < -0.3 is 9.84 Å². The predicted molar refractivity (Wildman–Crippen MR) is 135 cm³/mol. The van der Waals surface area contributed by atoms with E-state index in [1.807, 2.05) is 78.9 Å². The van der Waals surface area contributed by atoms with Crippen molar-refractivity contribution in [2.24, 2.45) is 0 Å². The highest BCUT2D eigenvalue weighted by Gasteiger charge is 2.27. The first-order valence-electron chi connectivity index (χ1n) is 11.5. The van der Waals surface area contributed by atoms with E-state index in [9.17, 15) is 9.90 Å². The topological polar surface area (TPSA) is 62.7 Å². The lowest BCUT2D eigenvalue weighted by molar-refractivity contribution is 0.0696. The molecule has 4 aromatic rings. The monoisotopic (exact) mass is 450 g/mol. The number of hydrogen-bond acceptors (Lipinski definition) is 4. The first-order chi connectivity index (χ1) is 16.6. The van der Waals surface area contributed by atoms with Crippen LogP contribution in [0, 0.1) is 0 Å². The summed E-state index contributed by atoms with van der Waals surface area (Å²) in [4.78, 5) is 19.5. The van der Waals surface area contributed by atoms with Crippen LogP contribution in [0.4, 0.5) is 0 Å². The molecule has 0 spiro atoms. The van der Waals surface area contributed by atoms with Crippen molar-refractivity contribution in [3.63, 3.8) is 0 Å². The number of aromatic nitrogens is 1. The normalized spacial score (nSPS) is 14.8. The van der Waals surface area contributed by atoms with Gasteiger partial charge in [0.25, 0.3) is 0 Å². The van der Waals surface area contributed by atoms with Crippen LogP contribution in [-0.4, -0.2) is 34.0 Å². The number of hydrogen-bond donors (Lipinski definition) is 1. The first-order valence-corrected chi connectivity index (χ1v) is 11.5. The highest BCUT2D eigenvalue weighted by Crippen LogP contribution is 2.34. The fourth-order valence-corrected chi connectivity index (χ4v) is 4.48. The van der Waals surface area contributed by atoms with Crippen LogP contribution in [0.3, 0.4) is 0 Å². The lowest BCUT2D eigenvalue weighted by atomic mass is 9.92. The second-order valence-electron chi connectivity index (χ2n) is 8.46. The Morgan fingerprint density at radius 1 is 1.03 bits per heavy atom. The van der Waals surface area contributed by atoms with Gasteiger partial charge in [-0.05, 0) is 47.5 Å². The number of aromatic carboxylic acids is 1. The molecule has 3 aromatic carbocycles. The molecular formula is C29H26N2O3. The number of ether oxygens (including phenoxy) is 1. The highest BCUT2D eigenvalue weighted by atomic mass is 16.5. The molecule has 0 unspecified atom stereocenters. The maximum atomic E-state index is 12.3. The summed E-state index contributed by atoms with van der Waals surface area (Å²) in [6, 6.07) is 25.5. The minimum absolute atomic E-state index is 0.351. The lowest BCUT2D eigenvalue weighted by Crippen LogP contribution is -2.31. The third-order valence-electron chi connectivity index (χ3n) is 6.18. The molecule has 5 nitrogen and oxygen atoms in total. The van der Waals surface area contributed by atoms with Gasteiger partial charge in [-0.1, -0.05) is 67.6 Å². The largest absolute Gasteiger partial charge is 0.489 e. The number of pyridine rings is 1. The number of benzene rings is 3.